The van der Waals surface area contributed by atoms with Gasteiger partial charge in [-0.05, 0) is 55.5 Å². The SMILES string of the molecule is CC(OC(=O)c1ccc(NC(N)=O)cc1)C(=O)Nc1ccc(N(C)C)cc1. The van der Waals surface area contributed by atoms with Crippen molar-refractivity contribution in [2.45, 2.75) is 13.0 Å². The van der Waals surface area contributed by atoms with Crippen molar-refractivity contribution in [1.82, 2.24) is 0 Å². The molecule has 0 saturated heterocycles. The van der Waals surface area contributed by atoms with Gasteiger partial charge in [0.2, 0.25) is 0 Å². The number of nitrogens with zero attached hydrogens (tertiary/aromatic N) is 1. The predicted octanol–water partition coefficient (Wildman–Crippen LogP) is 2.43. The third kappa shape index (κ3) is 5.74. The fourth-order valence-electron chi connectivity index (χ4n) is 2.20. The van der Waals surface area contributed by atoms with Crippen molar-refractivity contribution < 1.29 is 19.1 Å². The minimum Gasteiger partial charge on any atom is -0.449 e. The average molecular weight is 370 g/mol. The maximum absolute atomic E-state index is 12.2. The Labute approximate surface area is 157 Å². The van der Waals surface area contributed by atoms with Crippen LogP contribution in [0.4, 0.5) is 21.9 Å². The maximum atomic E-state index is 12.2. The van der Waals surface area contributed by atoms with E-state index in [0.717, 1.165) is 5.69 Å². The Balaban J connectivity index is 1.92. The van der Waals surface area contributed by atoms with Crippen molar-refractivity contribution >= 4 is 35.0 Å². The van der Waals surface area contributed by atoms with Crippen LogP contribution in [-0.4, -0.2) is 38.1 Å². The number of esters is 1. The first-order chi connectivity index (χ1) is 12.8. The van der Waals surface area contributed by atoms with Crippen molar-refractivity contribution in [3.63, 3.8) is 0 Å². The van der Waals surface area contributed by atoms with E-state index in [4.69, 9.17) is 10.5 Å². The largest absolute Gasteiger partial charge is 0.449 e. The zero-order valence-electron chi connectivity index (χ0n) is 15.4. The molecule has 0 aliphatic rings. The topological polar surface area (TPSA) is 114 Å². The van der Waals surface area contributed by atoms with Crippen LogP contribution in [0.15, 0.2) is 48.5 Å². The fraction of sp³-hybridized carbons (Fsp3) is 0.211. The molecule has 0 aliphatic carbocycles. The summed E-state index contributed by atoms with van der Waals surface area (Å²) < 4.78 is 5.18. The van der Waals surface area contributed by atoms with Crippen molar-refractivity contribution in [3.05, 3.63) is 54.1 Å². The van der Waals surface area contributed by atoms with Gasteiger partial charge in [-0.25, -0.2) is 9.59 Å². The summed E-state index contributed by atoms with van der Waals surface area (Å²) in [4.78, 5) is 37.1. The number of hydrogen-bond donors (Lipinski definition) is 3. The van der Waals surface area contributed by atoms with E-state index in [1.54, 1.807) is 12.1 Å². The molecule has 1 unspecified atom stereocenters. The Morgan fingerprint density at radius 3 is 1.96 bits per heavy atom. The summed E-state index contributed by atoms with van der Waals surface area (Å²) >= 11 is 0. The first-order valence-electron chi connectivity index (χ1n) is 8.22. The molecule has 3 amide bonds. The van der Waals surface area contributed by atoms with Crippen LogP contribution in [0.25, 0.3) is 0 Å². The summed E-state index contributed by atoms with van der Waals surface area (Å²) in [6.07, 6.45) is -0.977. The highest BCUT2D eigenvalue weighted by Gasteiger charge is 2.19. The van der Waals surface area contributed by atoms with Crippen molar-refractivity contribution in [1.29, 1.82) is 0 Å². The van der Waals surface area contributed by atoms with Crippen molar-refractivity contribution in [2.24, 2.45) is 5.73 Å². The van der Waals surface area contributed by atoms with Crippen LogP contribution in [0.5, 0.6) is 0 Å². The summed E-state index contributed by atoms with van der Waals surface area (Å²) in [6, 6.07) is 12.5. The highest BCUT2D eigenvalue weighted by atomic mass is 16.5. The van der Waals surface area contributed by atoms with Crippen LogP contribution in [0.1, 0.15) is 17.3 Å². The predicted molar refractivity (Wildman–Crippen MR) is 104 cm³/mol. The fourth-order valence-corrected chi connectivity index (χ4v) is 2.20. The standard InChI is InChI=1S/C19H22N4O4/c1-12(17(24)21-14-8-10-16(11-9-14)23(2)3)27-18(25)13-4-6-15(7-5-13)22-19(20)26/h4-12H,1-3H3,(H,21,24)(H3,20,22,26). The van der Waals surface area contributed by atoms with Crippen LogP contribution >= 0.6 is 0 Å². The van der Waals surface area contributed by atoms with Crippen molar-refractivity contribution in [3.8, 4) is 0 Å². The van der Waals surface area contributed by atoms with Gasteiger partial charge < -0.3 is 26.0 Å². The van der Waals surface area contributed by atoms with E-state index in [0.29, 0.717) is 11.4 Å². The highest BCUT2D eigenvalue weighted by Crippen LogP contribution is 2.16. The lowest BCUT2D eigenvalue weighted by molar-refractivity contribution is -0.123. The molecular formula is C19H22N4O4. The number of nitrogens with two attached hydrogens (primary N) is 1. The van der Waals surface area contributed by atoms with Gasteiger partial charge in [0.15, 0.2) is 6.10 Å². The molecule has 0 fully saturated rings. The zero-order valence-corrected chi connectivity index (χ0v) is 15.4. The van der Waals surface area contributed by atoms with E-state index in [1.807, 2.05) is 31.1 Å². The summed E-state index contributed by atoms with van der Waals surface area (Å²) in [5.74, 6) is -1.08. The van der Waals surface area contributed by atoms with E-state index in [9.17, 15) is 14.4 Å². The van der Waals surface area contributed by atoms with Crippen LogP contribution in [0.3, 0.4) is 0 Å². The van der Waals surface area contributed by atoms with Gasteiger partial charge in [0.05, 0.1) is 5.56 Å². The summed E-state index contributed by atoms with van der Waals surface area (Å²) in [6.45, 7) is 1.49. The Morgan fingerprint density at radius 1 is 0.926 bits per heavy atom. The van der Waals surface area contributed by atoms with Gasteiger partial charge >= 0.3 is 12.0 Å². The average Bonchev–Trinajstić information content (AvgIpc) is 2.62. The molecular weight excluding hydrogens is 348 g/mol. The maximum Gasteiger partial charge on any atom is 0.338 e. The third-order valence-electron chi connectivity index (χ3n) is 3.69. The number of anilines is 3. The van der Waals surface area contributed by atoms with Gasteiger partial charge in [-0.15, -0.1) is 0 Å². The minimum absolute atomic E-state index is 0.250. The van der Waals surface area contributed by atoms with E-state index >= 15 is 0 Å². The van der Waals surface area contributed by atoms with Crippen LogP contribution in [0.2, 0.25) is 0 Å². The molecule has 8 nitrogen and oxygen atoms in total. The first kappa shape index (κ1) is 19.8. The molecule has 8 heteroatoms. The van der Waals surface area contributed by atoms with Gasteiger partial charge in [-0.1, -0.05) is 0 Å². The minimum atomic E-state index is -0.977. The normalized spacial score (nSPS) is 11.2. The summed E-state index contributed by atoms with van der Waals surface area (Å²) in [5, 5.41) is 5.09. The summed E-state index contributed by atoms with van der Waals surface area (Å²) in [5.41, 5.74) is 7.33. The molecule has 0 radical (unpaired) electrons. The molecule has 0 heterocycles. The number of hydrogen-bond acceptors (Lipinski definition) is 5. The van der Waals surface area contributed by atoms with E-state index < -0.39 is 24.0 Å². The molecule has 4 N–H and O–H groups in total. The van der Waals surface area contributed by atoms with Crippen LogP contribution in [0, 0.1) is 0 Å². The highest BCUT2D eigenvalue weighted by molar-refractivity contribution is 5.97. The number of primary amides is 1. The Hall–Kier alpha value is -3.55. The molecule has 142 valence electrons. The Bertz CT molecular complexity index is 817. The van der Waals surface area contributed by atoms with Gasteiger partial charge in [0.1, 0.15) is 0 Å². The molecule has 0 spiro atoms. The van der Waals surface area contributed by atoms with E-state index in [1.165, 1.54) is 31.2 Å². The second kappa shape index (κ2) is 8.70. The smallest absolute Gasteiger partial charge is 0.338 e. The molecule has 0 bridgehead atoms. The van der Waals surface area contributed by atoms with Crippen LogP contribution < -0.4 is 21.3 Å². The number of urea groups is 1. The summed E-state index contributed by atoms with van der Waals surface area (Å²) in [7, 11) is 3.84. The number of carbonyl (C=O) groups is 3. The van der Waals surface area contributed by atoms with Crippen LogP contribution in [-0.2, 0) is 9.53 Å². The molecule has 0 aliphatic heterocycles. The number of nitrogens with one attached hydrogen (secondary N) is 2. The molecule has 1 atom stereocenters. The van der Waals surface area contributed by atoms with Gasteiger partial charge in [-0.3, -0.25) is 4.79 Å². The lowest BCUT2D eigenvalue weighted by atomic mass is 10.2. The monoisotopic (exact) mass is 370 g/mol. The zero-order chi connectivity index (χ0) is 20.0. The van der Waals surface area contributed by atoms with Gasteiger partial charge in [0, 0.05) is 31.2 Å². The molecule has 2 rings (SSSR count). The number of ether oxygens (including phenoxy) is 1. The van der Waals surface area contributed by atoms with Gasteiger partial charge in [0.25, 0.3) is 5.91 Å². The number of amides is 3. The lowest BCUT2D eigenvalue weighted by Gasteiger charge is -2.15. The molecule has 0 aromatic heterocycles. The first-order valence-corrected chi connectivity index (χ1v) is 8.22. The van der Waals surface area contributed by atoms with Crippen molar-refractivity contribution in [2.75, 3.05) is 29.6 Å². The second-order valence-corrected chi connectivity index (χ2v) is 6.04. The lowest BCUT2D eigenvalue weighted by Crippen LogP contribution is -2.30. The molecule has 27 heavy (non-hydrogen) atoms. The molecule has 2 aromatic rings. The Morgan fingerprint density at radius 2 is 1.44 bits per heavy atom. The number of rotatable bonds is 6. The second-order valence-electron chi connectivity index (χ2n) is 6.04. The van der Waals surface area contributed by atoms with Gasteiger partial charge in [-0.2, -0.15) is 0 Å². The number of benzene rings is 2. The van der Waals surface area contributed by atoms with E-state index in [-0.39, 0.29) is 5.56 Å². The number of carbonyl (C=O) groups excluding carboxylic acids is 3. The Kier molecular flexibility index (Phi) is 6.37. The van der Waals surface area contributed by atoms with E-state index in [2.05, 4.69) is 10.6 Å². The molecule has 0 saturated carbocycles. The quantitative estimate of drug-likeness (QED) is 0.676. The molecule has 2 aromatic carbocycles. The third-order valence-corrected chi connectivity index (χ3v) is 3.69.